The van der Waals surface area contributed by atoms with Crippen molar-refractivity contribution in [1.82, 2.24) is 10.5 Å². The maximum Gasteiger partial charge on any atom is 0.287 e. The quantitative estimate of drug-likeness (QED) is 0.277. The Morgan fingerprint density at radius 3 is 2.84 bits per heavy atom. The Hall–Kier alpha value is -2.11. The Morgan fingerprint density at radius 1 is 1.35 bits per heavy atom. The van der Waals surface area contributed by atoms with Crippen molar-refractivity contribution >= 4 is 54.6 Å². The lowest BCUT2D eigenvalue weighted by atomic mass is 10.2. The number of halogens is 2. The predicted molar refractivity (Wildman–Crippen MR) is 122 cm³/mol. The molecule has 3 rings (SSSR count). The number of thiophene rings is 1. The van der Waals surface area contributed by atoms with Crippen molar-refractivity contribution in [2.24, 2.45) is 5.92 Å². The average molecular weight is 512 g/mol. The molecule has 1 atom stereocenters. The highest BCUT2D eigenvalue weighted by Gasteiger charge is 2.21. The number of hydroxylamine groups is 1. The largest absolute Gasteiger partial charge is 0.366 e. The van der Waals surface area contributed by atoms with Gasteiger partial charge in [-0.3, -0.25) is 14.6 Å². The minimum atomic E-state index is -1.23. The Kier molecular flexibility index (Phi) is 7.60. The molecule has 3 aromatic rings. The van der Waals surface area contributed by atoms with Crippen LogP contribution < -0.4 is 10.8 Å². The van der Waals surface area contributed by atoms with Gasteiger partial charge in [-0.2, -0.15) is 0 Å². The van der Waals surface area contributed by atoms with E-state index >= 15 is 0 Å². The van der Waals surface area contributed by atoms with Crippen molar-refractivity contribution in [3.8, 4) is 0 Å². The molecule has 1 amide bonds. The molecule has 2 aromatic heterocycles. The minimum absolute atomic E-state index is 0.0622. The molecule has 0 aliphatic heterocycles. The molecule has 31 heavy (non-hydrogen) atoms. The van der Waals surface area contributed by atoms with Gasteiger partial charge in [-0.25, -0.2) is 9.87 Å². The summed E-state index contributed by atoms with van der Waals surface area (Å²) in [6, 6.07) is 6.41. The van der Waals surface area contributed by atoms with Crippen molar-refractivity contribution in [2.75, 3.05) is 18.5 Å². The molecule has 3 N–H and O–H groups in total. The van der Waals surface area contributed by atoms with E-state index in [1.165, 1.54) is 17.4 Å². The van der Waals surface area contributed by atoms with Crippen molar-refractivity contribution < 1.29 is 23.9 Å². The third-order valence-electron chi connectivity index (χ3n) is 4.14. The monoisotopic (exact) mass is 511 g/mol. The Balaban J connectivity index is 1.74. The summed E-state index contributed by atoms with van der Waals surface area (Å²) in [4.78, 5) is 22.6. The van der Waals surface area contributed by atoms with E-state index in [1.54, 1.807) is 44.4 Å². The second-order valence-electron chi connectivity index (χ2n) is 7.53. The number of rotatable bonds is 9. The molecule has 0 fully saturated rings. The third-order valence-corrected chi connectivity index (χ3v) is 5.78. The zero-order valence-electron chi connectivity index (χ0n) is 17.2. The predicted octanol–water partition coefficient (Wildman–Crippen LogP) is 4.98. The number of anilines is 2. The summed E-state index contributed by atoms with van der Waals surface area (Å²) in [5.74, 6) is -2.21. The topological polar surface area (TPSA) is 92.7 Å². The maximum atomic E-state index is 14.4. The van der Waals surface area contributed by atoms with Crippen LogP contribution in [-0.2, 0) is 9.57 Å². The zero-order chi connectivity index (χ0) is 22.6. The van der Waals surface area contributed by atoms with E-state index in [2.05, 4.69) is 31.7 Å². The van der Waals surface area contributed by atoms with Crippen LogP contribution in [0.15, 0.2) is 41.1 Å². The molecule has 7 nitrogen and oxygen atoms in total. The minimum Gasteiger partial charge on any atom is -0.366 e. The van der Waals surface area contributed by atoms with Crippen LogP contribution in [0, 0.1) is 11.7 Å². The number of hydrogen-bond donors (Lipinski definition) is 3. The fourth-order valence-electron chi connectivity index (χ4n) is 2.65. The van der Waals surface area contributed by atoms with Gasteiger partial charge < -0.3 is 15.2 Å². The van der Waals surface area contributed by atoms with Gasteiger partial charge in [0.25, 0.3) is 5.91 Å². The van der Waals surface area contributed by atoms with Gasteiger partial charge in [0.05, 0.1) is 29.3 Å². The van der Waals surface area contributed by atoms with Crippen molar-refractivity contribution in [2.45, 2.75) is 26.6 Å². The summed E-state index contributed by atoms with van der Waals surface area (Å²) in [5, 5.41) is 13.4. The number of pyridine rings is 1. The van der Waals surface area contributed by atoms with E-state index < -0.39 is 17.5 Å². The molecular weight excluding hydrogens is 489 g/mol. The summed E-state index contributed by atoms with van der Waals surface area (Å²) in [6.07, 6.45) is 3.26. The highest BCUT2D eigenvalue weighted by Crippen LogP contribution is 2.37. The fraction of sp³-hybridized carbons (Fsp3) is 0.333. The van der Waals surface area contributed by atoms with E-state index in [4.69, 9.17) is 9.57 Å². The van der Waals surface area contributed by atoms with Crippen LogP contribution >= 0.6 is 27.3 Å². The normalized spacial score (nSPS) is 12.7. The lowest BCUT2D eigenvalue weighted by molar-refractivity contribution is -0.186. The molecule has 1 aromatic carbocycles. The standard InChI is InChI=1S/C21H23BrFN3O4S/c1-12(10-29-21(2,3)28)11-30-26-20(27)19-18(14-6-7-24-9-17(14)31-19)25-16-5-4-13(22)8-15(16)23/h4-9,12,25,28H,10-11H2,1-3H3,(H,26,27)/t12-/m1/s1. The second-order valence-corrected chi connectivity index (χ2v) is 9.50. The number of nitrogens with one attached hydrogen (secondary N) is 2. The van der Waals surface area contributed by atoms with E-state index in [0.717, 1.165) is 10.1 Å². The molecule has 0 radical (unpaired) electrons. The van der Waals surface area contributed by atoms with E-state index in [-0.39, 0.29) is 24.8 Å². The van der Waals surface area contributed by atoms with Gasteiger partial charge in [-0.15, -0.1) is 11.3 Å². The molecule has 166 valence electrons. The number of carbonyl (C=O) groups is 1. The lowest BCUT2D eigenvalue weighted by Crippen LogP contribution is -2.30. The molecule has 2 heterocycles. The smallest absolute Gasteiger partial charge is 0.287 e. The number of amides is 1. The number of hydrogen-bond acceptors (Lipinski definition) is 7. The van der Waals surface area contributed by atoms with Gasteiger partial charge in [0.15, 0.2) is 5.79 Å². The summed E-state index contributed by atoms with van der Waals surface area (Å²) < 4.78 is 21.0. The molecule has 0 unspecified atom stereocenters. The van der Waals surface area contributed by atoms with Crippen molar-refractivity contribution in [3.63, 3.8) is 0 Å². The Morgan fingerprint density at radius 2 is 2.13 bits per heavy atom. The van der Waals surface area contributed by atoms with Crippen LogP contribution in [0.5, 0.6) is 0 Å². The van der Waals surface area contributed by atoms with Gasteiger partial charge >= 0.3 is 0 Å². The van der Waals surface area contributed by atoms with E-state index in [0.29, 0.717) is 15.0 Å². The molecule has 0 aliphatic rings. The van der Waals surface area contributed by atoms with Crippen LogP contribution in [0.2, 0.25) is 0 Å². The highest BCUT2D eigenvalue weighted by atomic mass is 79.9. The number of carbonyl (C=O) groups excluding carboxylic acids is 1. The van der Waals surface area contributed by atoms with E-state index in [1.807, 2.05) is 6.92 Å². The van der Waals surface area contributed by atoms with E-state index in [9.17, 15) is 14.3 Å². The number of fused-ring (bicyclic) bond motifs is 1. The zero-order valence-corrected chi connectivity index (χ0v) is 19.6. The average Bonchev–Trinajstić information content (AvgIpc) is 3.06. The SMILES string of the molecule is C[C@@H](CONC(=O)c1sc2cnccc2c1Nc1ccc(Br)cc1F)COC(C)(C)O. The Labute approximate surface area is 191 Å². The Bertz CT molecular complexity index is 1070. The number of ether oxygens (including phenoxy) is 1. The van der Waals surface area contributed by atoms with Gasteiger partial charge in [0.2, 0.25) is 0 Å². The van der Waals surface area contributed by atoms with Gasteiger partial charge in [-0.05, 0) is 38.1 Å². The molecule has 0 aliphatic carbocycles. The van der Waals surface area contributed by atoms with Crippen LogP contribution in [-0.4, -0.2) is 35.0 Å². The molecule has 0 spiro atoms. The summed E-state index contributed by atoms with van der Waals surface area (Å²) in [7, 11) is 0. The first-order valence-electron chi connectivity index (χ1n) is 9.51. The number of aromatic nitrogens is 1. The molecule has 0 bridgehead atoms. The summed E-state index contributed by atoms with van der Waals surface area (Å²) >= 11 is 4.46. The number of benzene rings is 1. The van der Waals surface area contributed by atoms with Gasteiger partial charge in [-0.1, -0.05) is 22.9 Å². The first kappa shape index (κ1) is 23.6. The first-order valence-corrected chi connectivity index (χ1v) is 11.1. The number of nitrogens with zero attached hydrogens (tertiary/aromatic N) is 1. The first-order chi connectivity index (χ1) is 14.6. The van der Waals surface area contributed by atoms with Crippen LogP contribution in [0.4, 0.5) is 15.8 Å². The van der Waals surface area contributed by atoms with Crippen molar-refractivity contribution in [3.05, 3.63) is 51.8 Å². The molecule has 0 saturated heterocycles. The van der Waals surface area contributed by atoms with Gasteiger partial charge in [0, 0.05) is 28.2 Å². The fourth-order valence-corrected chi connectivity index (χ4v) is 3.99. The van der Waals surface area contributed by atoms with Crippen molar-refractivity contribution in [1.29, 1.82) is 0 Å². The summed E-state index contributed by atoms with van der Waals surface area (Å²) in [6.45, 7) is 5.41. The molecule has 10 heteroatoms. The lowest BCUT2D eigenvalue weighted by Gasteiger charge is -2.21. The van der Waals surface area contributed by atoms with Crippen LogP contribution in [0.1, 0.15) is 30.4 Å². The third kappa shape index (κ3) is 6.44. The molecular formula is C21H23BrFN3O4S. The molecule has 0 saturated carbocycles. The second kappa shape index (κ2) is 10.0. The van der Waals surface area contributed by atoms with Crippen LogP contribution in [0.25, 0.3) is 10.1 Å². The number of aliphatic hydroxyl groups is 1. The maximum absolute atomic E-state index is 14.4. The van der Waals surface area contributed by atoms with Crippen LogP contribution in [0.3, 0.4) is 0 Å². The van der Waals surface area contributed by atoms with Gasteiger partial charge in [0.1, 0.15) is 10.7 Å². The highest BCUT2D eigenvalue weighted by molar-refractivity contribution is 9.10. The summed E-state index contributed by atoms with van der Waals surface area (Å²) in [5.41, 5.74) is 3.15.